The Hall–Kier alpha value is -3.87. The van der Waals surface area contributed by atoms with Crippen molar-refractivity contribution in [1.29, 1.82) is 0 Å². The van der Waals surface area contributed by atoms with Crippen molar-refractivity contribution in [3.63, 3.8) is 0 Å². The summed E-state index contributed by atoms with van der Waals surface area (Å²) < 4.78 is 9.99. The van der Waals surface area contributed by atoms with E-state index >= 15 is 0 Å². The van der Waals surface area contributed by atoms with Gasteiger partial charge in [0.25, 0.3) is 11.8 Å². The summed E-state index contributed by atoms with van der Waals surface area (Å²) in [5.74, 6) is -1.28. The van der Waals surface area contributed by atoms with Gasteiger partial charge in [-0.15, -0.1) is 0 Å². The lowest BCUT2D eigenvalue weighted by Crippen LogP contribution is -2.20. The lowest BCUT2D eigenvalue weighted by Gasteiger charge is -2.07. The number of benzene rings is 2. The number of carbonyl (C=O) groups excluding carboxylic acids is 3. The third kappa shape index (κ3) is 5.05. The van der Waals surface area contributed by atoms with Gasteiger partial charge in [0.1, 0.15) is 0 Å². The number of para-hydroxylation sites is 1. The third-order valence-electron chi connectivity index (χ3n) is 3.52. The Morgan fingerprint density at radius 2 is 1.52 bits per heavy atom. The molecule has 0 saturated carbocycles. The van der Waals surface area contributed by atoms with E-state index in [9.17, 15) is 14.4 Å². The number of carbonyl (C=O) groups is 3. The van der Waals surface area contributed by atoms with Gasteiger partial charge in [-0.2, -0.15) is 0 Å². The summed E-state index contributed by atoms with van der Waals surface area (Å²) in [6.07, 6.45) is 1.40. The van der Waals surface area contributed by atoms with Crippen LogP contribution in [0.4, 0.5) is 11.4 Å². The Bertz CT molecular complexity index is 919. The van der Waals surface area contributed by atoms with Crippen LogP contribution in [0.15, 0.2) is 77.4 Å². The minimum absolute atomic E-state index is 0.183. The number of amides is 2. The third-order valence-corrected chi connectivity index (χ3v) is 3.52. The normalized spacial score (nSPS) is 10.1. The quantitative estimate of drug-likeness (QED) is 0.654. The number of furan rings is 1. The molecule has 3 rings (SSSR count). The molecular formula is C20H16N2O5. The van der Waals surface area contributed by atoms with Gasteiger partial charge in [0.2, 0.25) is 0 Å². The largest absolute Gasteiger partial charge is 0.459 e. The molecule has 0 saturated heterocycles. The van der Waals surface area contributed by atoms with Crippen LogP contribution in [-0.4, -0.2) is 24.4 Å². The van der Waals surface area contributed by atoms with Gasteiger partial charge >= 0.3 is 5.97 Å². The van der Waals surface area contributed by atoms with Crippen molar-refractivity contribution in [1.82, 2.24) is 0 Å². The summed E-state index contributed by atoms with van der Waals surface area (Å²) in [5, 5.41) is 5.26. The molecule has 0 radical (unpaired) electrons. The maximum atomic E-state index is 12.0. The monoisotopic (exact) mass is 364 g/mol. The van der Waals surface area contributed by atoms with Crippen LogP contribution < -0.4 is 10.6 Å². The number of nitrogens with one attached hydrogen (secondary N) is 2. The van der Waals surface area contributed by atoms with E-state index in [1.54, 1.807) is 48.5 Å². The predicted octanol–water partition coefficient (Wildman–Crippen LogP) is 3.33. The molecule has 0 aliphatic rings. The zero-order chi connectivity index (χ0) is 19.1. The average Bonchev–Trinajstić information content (AvgIpc) is 3.22. The molecule has 0 spiro atoms. The summed E-state index contributed by atoms with van der Waals surface area (Å²) in [4.78, 5) is 35.7. The maximum Gasteiger partial charge on any atom is 0.338 e. The van der Waals surface area contributed by atoms with Crippen molar-refractivity contribution in [2.75, 3.05) is 17.2 Å². The summed E-state index contributed by atoms with van der Waals surface area (Å²) >= 11 is 0. The molecule has 0 bridgehead atoms. The minimum atomic E-state index is -0.637. The van der Waals surface area contributed by atoms with Crippen molar-refractivity contribution in [2.24, 2.45) is 0 Å². The average molecular weight is 364 g/mol. The minimum Gasteiger partial charge on any atom is -0.459 e. The number of hydrogen-bond acceptors (Lipinski definition) is 5. The molecule has 0 fully saturated rings. The van der Waals surface area contributed by atoms with E-state index < -0.39 is 24.4 Å². The van der Waals surface area contributed by atoms with E-state index in [2.05, 4.69) is 10.6 Å². The standard InChI is InChI=1S/C20H16N2O5/c23-18(21-15-5-2-1-3-6-15)13-27-20(25)14-8-10-16(11-9-14)22-19(24)17-7-4-12-26-17/h1-12H,13H2,(H,21,23)(H,22,24). The Morgan fingerprint density at radius 3 is 2.19 bits per heavy atom. The maximum absolute atomic E-state index is 12.0. The second-order valence-electron chi connectivity index (χ2n) is 5.50. The van der Waals surface area contributed by atoms with Crippen LogP contribution >= 0.6 is 0 Å². The van der Waals surface area contributed by atoms with Gasteiger partial charge in [0.15, 0.2) is 12.4 Å². The summed E-state index contributed by atoms with van der Waals surface area (Å²) in [6.45, 7) is -0.398. The molecule has 0 atom stereocenters. The fourth-order valence-electron chi connectivity index (χ4n) is 2.22. The smallest absolute Gasteiger partial charge is 0.338 e. The van der Waals surface area contributed by atoms with E-state index in [-0.39, 0.29) is 11.3 Å². The molecule has 1 heterocycles. The molecule has 136 valence electrons. The highest BCUT2D eigenvalue weighted by atomic mass is 16.5. The second kappa shape index (κ2) is 8.48. The first-order valence-corrected chi connectivity index (χ1v) is 8.09. The van der Waals surface area contributed by atoms with E-state index in [0.717, 1.165) is 0 Å². The Morgan fingerprint density at radius 1 is 0.815 bits per heavy atom. The molecule has 27 heavy (non-hydrogen) atoms. The molecule has 0 aliphatic heterocycles. The van der Waals surface area contributed by atoms with Gasteiger partial charge < -0.3 is 19.8 Å². The number of anilines is 2. The first-order valence-electron chi connectivity index (χ1n) is 8.09. The lowest BCUT2D eigenvalue weighted by atomic mass is 10.2. The van der Waals surface area contributed by atoms with Crippen LogP contribution in [0.25, 0.3) is 0 Å². The summed E-state index contributed by atoms with van der Waals surface area (Å²) in [5.41, 5.74) is 1.38. The van der Waals surface area contributed by atoms with Crippen molar-refractivity contribution in [3.05, 3.63) is 84.3 Å². The van der Waals surface area contributed by atoms with Crippen LogP contribution in [-0.2, 0) is 9.53 Å². The number of ether oxygens (including phenoxy) is 1. The van der Waals surface area contributed by atoms with E-state index in [1.165, 1.54) is 18.4 Å². The van der Waals surface area contributed by atoms with Crippen molar-refractivity contribution in [3.8, 4) is 0 Å². The van der Waals surface area contributed by atoms with Crippen LogP contribution in [0.5, 0.6) is 0 Å². The Labute approximate surface area is 154 Å². The molecule has 2 aromatic carbocycles. The highest BCUT2D eigenvalue weighted by Crippen LogP contribution is 2.13. The van der Waals surface area contributed by atoms with Gasteiger partial charge in [-0.3, -0.25) is 9.59 Å². The van der Waals surface area contributed by atoms with Crippen molar-refractivity contribution >= 4 is 29.2 Å². The zero-order valence-corrected chi connectivity index (χ0v) is 14.2. The van der Waals surface area contributed by atoms with Crippen molar-refractivity contribution < 1.29 is 23.5 Å². The molecule has 2 N–H and O–H groups in total. The fraction of sp³-hybridized carbons (Fsp3) is 0.0500. The molecular weight excluding hydrogens is 348 g/mol. The SMILES string of the molecule is O=C(COC(=O)c1ccc(NC(=O)c2ccco2)cc1)Nc1ccccc1. The fourth-order valence-corrected chi connectivity index (χ4v) is 2.22. The topological polar surface area (TPSA) is 97.6 Å². The van der Waals surface area contributed by atoms with E-state index in [1.807, 2.05) is 6.07 Å². The molecule has 3 aromatic rings. The van der Waals surface area contributed by atoms with Gasteiger partial charge in [-0.1, -0.05) is 18.2 Å². The molecule has 0 unspecified atom stereocenters. The number of rotatable bonds is 6. The van der Waals surface area contributed by atoms with Gasteiger partial charge in [0, 0.05) is 11.4 Å². The highest BCUT2D eigenvalue weighted by Gasteiger charge is 2.12. The summed E-state index contributed by atoms with van der Waals surface area (Å²) in [6, 6.07) is 18.1. The second-order valence-corrected chi connectivity index (χ2v) is 5.50. The number of esters is 1. The van der Waals surface area contributed by atoms with Crippen molar-refractivity contribution in [2.45, 2.75) is 0 Å². The summed E-state index contributed by atoms with van der Waals surface area (Å²) in [7, 11) is 0. The van der Waals surface area contributed by atoms with Gasteiger partial charge in [-0.25, -0.2) is 4.79 Å². The Kier molecular flexibility index (Phi) is 5.64. The van der Waals surface area contributed by atoms with E-state index in [0.29, 0.717) is 11.4 Å². The van der Waals surface area contributed by atoms with Crippen LogP contribution in [0, 0.1) is 0 Å². The van der Waals surface area contributed by atoms with Crippen LogP contribution in [0.2, 0.25) is 0 Å². The van der Waals surface area contributed by atoms with Crippen LogP contribution in [0.1, 0.15) is 20.9 Å². The molecule has 7 heteroatoms. The van der Waals surface area contributed by atoms with Crippen LogP contribution in [0.3, 0.4) is 0 Å². The highest BCUT2D eigenvalue weighted by molar-refractivity contribution is 6.02. The van der Waals surface area contributed by atoms with Gasteiger partial charge in [-0.05, 0) is 48.5 Å². The first kappa shape index (κ1) is 17.9. The predicted molar refractivity (Wildman–Crippen MR) is 98.5 cm³/mol. The molecule has 0 aliphatic carbocycles. The Balaban J connectivity index is 1.50. The first-order chi connectivity index (χ1) is 13.1. The molecule has 7 nitrogen and oxygen atoms in total. The van der Waals surface area contributed by atoms with Gasteiger partial charge in [0.05, 0.1) is 11.8 Å². The number of hydrogen-bond donors (Lipinski definition) is 2. The lowest BCUT2D eigenvalue weighted by molar-refractivity contribution is -0.119. The molecule has 2 amide bonds. The van der Waals surface area contributed by atoms with E-state index in [4.69, 9.17) is 9.15 Å². The molecule has 1 aromatic heterocycles. The zero-order valence-electron chi connectivity index (χ0n) is 14.2.